The summed E-state index contributed by atoms with van der Waals surface area (Å²) in [6.07, 6.45) is -4.87. The molecule has 0 aliphatic carbocycles. The van der Waals surface area contributed by atoms with Gasteiger partial charge >= 0.3 is 6.36 Å². The first-order valence-corrected chi connectivity index (χ1v) is 11.9. The van der Waals surface area contributed by atoms with Gasteiger partial charge in [-0.1, -0.05) is 30.3 Å². The van der Waals surface area contributed by atoms with Crippen molar-refractivity contribution in [3.05, 3.63) is 83.2 Å². The lowest BCUT2D eigenvalue weighted by atomic mass is 9.58. The molecule has 0 aromatic heterocycles. The van der Waals surface area contributed by atoms with Crippen LogP contribution in [0.5, 0.6) is 17.2 Å². The number of alkyl halides is 3. The number of carbonyl (C=O) groups excluding carboxylic acids is 1. The lowest BCUT2D eigenvalue weighted by Crippen LogP contribution is -2.58. The molecule has 0 radical (unpaired) electrons. The molecule has 2 aliphatic heterocycles. The number of halogens is 4. The molecule has 1 unspecified atom stereocenters. The number of nitrogens with one attached hydrogen (secondary N) is 1. The van der Waals surface area contributed by atoms with Crippen molar-refractivity contribution in [3.63, 3.8) is 0 Å². The quantitative estimate of drug-likeness (QED) is 0.400. The molecule has 2 heterocycles. The molecule has 3 aromatic rings. The van der Waals surface area contributed by atoms with Gasteiger partial charge in [0.2, 0.25) is 5.91 Å². The Morgan fingerprint density at radius 3 is 2.49 bits per heavy atom. The fourth-order valence-electron chi connectivity index (χ4n) is 5.64. The summed E-state index contributed by atoms with van der Waals surface area (Å²) in [6, 6.07) is 16.1. The Hall–Kier alpha value is -3.75. The third kappa shape index (κ3) is 4.16. The highest BCUT2D eigenvalue weighted by molar-refractivity contribution is 6.09. The second kappa shape index (κ2) is 8.68. The molecule has 5 rings (SSSR count). The highest BCUT2D eigenvalue weighted by atomic mass is 19.4. The van der Waals surface area contributed by atoms with Crippen molar-refractivity contribution in [2.75, 3.05) is 11.9 Å². The van der Waals surface area contributed by atoms with E-state index < -0.39 is 34.9 Å². The van der Waals surface area contributed by atoms with Crippen molar-refractivity contribution in [3.8, 4) is 17.2 Å². The number of fused-ring (bicyclic) bond motifs is 4. The number of benzene rings is 3. The van der Waals surface area contributed by atoms with Gasteiger partial charge in [-0.15, -0.1) is 13.2 Å². The smallest absolute Gasteiger partial charge is 0.494 e. The van der Waals surface area contributed by atoms with Crippen molar-refractivity contribution < 1.29 is 36.6 Å². The molecule has 1 spiro atoms. The average molecular weight is 516 g/mol. The van der Waals surface area contributed by atoms with E-state index in [1.165, 1.54) is 6.07 Å². The normalized spacial score (nSPS) is 21.6. The van der Waals surface area contributed by atoms with E-state index in [0.717, 1.165) is 17.7 Å². The van der Waals surface area contributed by atoms with Crippen LogP contribution in [0.1, 0.15) is 37.5 Å². The zero-order valence-electron chi connectivity index (χ0n) is 20.4. The van der Waals surface area contributed by atoms with E-state index in [-0.39, 0.29) is 12.3 Å². The predicted molar refractivity (Wildman–Crippen MR) is 128 cm³/mol. The van der Waals surface area contributed by atoms with Gasteiger partial charge in [0, 0.05) is 23.2 Å². The molecule has 0 bridgehead atoms. The van der Waals surface area contributed by atoms with Crippen molar-refractivity contribution in [2.24, 2.45) is 5.92 Å². The van der Waals surface area contributed by atoms with E-state index in [4.69, 9.17) is 9.47 Å². The van der Waals surface area contributed by atoms with Crippen LogP contribution in [0.25, 0.3) is 0 Å². The van der Waals surface area contributed by atoms with E-state index in [2.05, 4.69) is 10.1 Å². The summed E-state index contributed by atoms with van der Waals surface area (Å²) in [6.45, 7) is 6.02. The van der Waals surface area contributed by atoms with E-state index in [1.807, 2.05) is 51.1 Å². The highest BCUT2D eigenvalue weighted by Crippen LogP contribution is 2.58. The Labute approximate surface area is 211 Å². The number of hydrogen-bond acceptors (Lipinski definition) is 4. The summed E-state index contributed by atoms with van der Waals surface area (Å²) in [7, 11) is 0. The number of para-hydroxylation sites is 1. The van der Waals surface area contributed by atoms with Crippen LogP contribution in [0.15, 0.2) is 60.7 Å². The Morgan fingerprint density at radius 1 is 1.03 bits per heavy atom. The van der Waals surface area contributed by atoms with Gasteiger partial charge in [-0.05, 0) is 62.6 Å². The first-order chi connectivity index (χ1) is 17.5. The zero-order valence-corrected chi connectivity index (χ0v) is 20.4. The van der Waals surface area contributed by atoms with Gasteiger partial charge in [0.15, 0.2) is 11.6 Å². The van der Waals surface area contributed by atoms with Gasteiger partial charge in [-0.25, -0.2) is 4.39 Å². The van der Waals surface area contributed by atoms with Gasteiger partial charge < -0.3 is 19.5 Å². The van der Waals surface area contributed by atoms with Crippen LogP contribution in [0.2, 0.25) is 0 Å². The van der Waals surface area contributed by atoms with Crippen LogP contribution in [0.4, 0.5) is 23.2 Å². The second-order valence-electron chi connectivity index (χ2n) is 9.67. The Balaban J connectivity index is 1.66. The number of amides is 1. The number of anilines is 1. The van der Waals surface area contributed by atoms with Crippen LogP contribution in [0, 0.1) is 11.7 Å². The molecule has 37 heavy (non-hydrogen) atoms. The zero-order chi connectivity index (χ0) is 26.6. The van der Waals surface area contributed by atoms with Crippen molar-refractivity contribution >= 4 is 11.6 Å². The summed E-state index contributed by atoms with van der Waals surface area (Å²) in [4.78, 5) is 13.9. The molecule has 2 aliphatic rings. The minimum atomic E-state index is -5.01. The Morgan fingerprint density at radius 2 is 1.78 bits per heavy atom. The maximum Gasteiger partial charge on any atom is 0.573 e. The van der Waals surface area contributed by atoms with Gasteiger partial charge in [-0.2, -0.15) is 0 Å². The van der Waals surface area contributed by atoms with Gasteiger partial charge in [0.1, 0.15) is 22.5 Å². The first-order valence-electron chi connectivity index (χ1n) is 11.9. The van der Waals surface area contributed by atoms with E-state index in [9.17, 15) is 22.4 Å². The lowest BCUT2D eigenvalue weighted by Gasteiger charge is -2.50. The molecular weight excluding hydrogens is 490 g/mol. The molecule has 1 amide bonds. The summed E-state index contributed by atoms with van der Waals surface area (Å²) in [5, 5.41) is 2.99. The minimum Gasteiger partial charge on any atom is -0.494 e. The molecule has 194 valence electrons. The number of hydrogen-bond donors (Lipinski definition) is 1. The van der Waals surface area contributed by atoms with Crippen molar-refractivity contribution in [2.45, 2.75) is 44.6 Å². The summed E-state index contributed by atoms with van der Waals surface area (Å²) >= 11 is 0. The first kappa shape index (κ1) is 24.9. The van der Waals surface area contributed by atoms with Gasteiger partial charge in [-0.3, -0.25) is 4.79 Å². The lowest BCUT2D eigenvalue weighted by molar-refractivity contribution is -0.275. The van der Waals surface area contributed by atoms with E-state index in [0.29, 0.717) is 34.9 Å². The standard InChI is InChI=1S/C28H25F4NO4/c1-4-35-17-10-11-19-23(15-17)36-26(2,3)24(27(19)18-7-5-6-8-21(18)33-25(27)34)14-16-9-12-22(20(29)13-16)37-28(30,31)32/h5-13,15,24H,4,14H2,1-3H3,(H,33,34)/t24?,27-/m1/s1. The summed E-state index contributed by atoms with van der Waals surface area (Å²) < 4.78 is 68.4. The second-order valence-corrected chi connectivity index (χ2v) is 9.67. The van der Waals surface area contributed by atoms with Crippen LogP contribution >= 0.6 is 0 Å². The molecule has 0 fully saturated rings. The maximum absolute atomic E-state index is 14.6. The van der Waals surface area contributed by atoms with Crippen LogP contribution in [0.3, 0.4) is 0 Å². The van der Waals surface area contributed by atoms with E-state index in [1.54, 1.807) is 12.1 Å². The molecule has 0 saturated carbocycles. The monoisotopic (exact) mass is 515 g/mol. The van der Waals surface area contributed by atoms with Gasteiger partial charge in [0.05, 0.1) is 6.61 Å². The van der Waals surface area contributed by atoms with Crippen molar-refractivity contribution in [1.29, 1.82) is 0 Å². The minimum absolute atomic E-state index is 0.143. The summed E-state index contributed by atoms with van der Waals surface area (Å²) in [5.41, 5.74) is 0.319. The van der Waals surface area contributed by atoms with Crippen LogP contribution in [-0.2, 0) is 16.6 Å². The third-order valence-electron chi connectivity index (χ3n) is 7.04. The Bertz CT molecular complexity index is 1370. The average Bonchev–Trinajstić information content (AvgIpc) is 3.09. The third-order valence-corrected chi connectivity index (χ3v) is 7.04. The van der Waals surface area contributed by atoms with Gasteiger partial charge in [0.25, 0.3) is 0 Å². The fraction of sp³-hybridized carbons (Fsp3) is 0.321. The van der Waals surface area contributed by atoms with Crippen LogP contribution in [-0.4, -0.2) is 24.5 Å². The molecular formula is C28H25F4NO4. The molecule has 5 nitrogen and oxygen atoms in total. The molecule has 1 N–H and O–H groups in total. The van der Waals surface area contributed by atoms with Crippen molar-refractivity contribution in [1.82, 2.24) is 0 Å². The van der Waals surface area contributed by atoms with Crippen LogP contribution < -0.4 is 19.5 Å². The molecule has 2 atom stereocenters. The topological polar surface area (TPSA) is 56.8 Å². The fourth-order valence-corrected chi connectivity index (χ4v) is 5.64. The highest BCUT2D eigenvalue weighted by Gasteiger charge is 2.62. The molecule has 0 saturated heterocycles. The number of ether oxygens (including phenoxy) is 3. The number of rotatable bonds is 5. The number of carbonyl (C=O) groups is 1. The Kier molecular flexibility index (Phi) is 5.84. The summed E-state index contributed by atoms with van der Waals surface area (Å²) in [5.74, 6) is -1.76. The molecule has 3 aromatic carbocycles. The maximum atomic E-state index is 14.6. The predicted octanol–water partition coefficient (Wildman–Crippen LogP) is 6.39. The molecule has 9 heteroatoms. The largest absolute Gasteiger partial charge is 0.573 e. The SMILES string of the molecule is CCOc1ccc2c(c1)OC(C)(C)C(Cc1ccc(OC(F)(F)F)c(F)c1)[C@]21C(=O)Nc2ccccc21. The van der Waals surface area contributed by atoms with E-state index >= 15 is 0 Å².